The number of anilines is 5. The van der Waals surface area contributed by atoms with Crippen molar-refractivity contribution in [2.24, 2.45) is 5.92 Å². The fraction of sp³-hybridized carbons (Fsp3) is 0.346. The molecule has 1 aliphatic heterocycles. The monoisotopic (exact) mass is 492 g/mol. The third-order valence-corrected chi connectivity index (χ3v) is 6.48. The zero-order valence-electron chi connectivity index (χ0n) is 19.7. The van der Waals surface area contributed by atoms with Crippen LogP contribution in [0.15, 0.2) is 54.7 Å². The zero-order chi connectivity index (χ0) is 24.2. The fourth-order valence-corrected chi connectivity index (χ4v) is 4.21. The van der Waals surface area contributed by atoms with Gasteiger partial charge in [0, 0.05) is 60.5 Å². The Kier molecular flexibility index (Phi) is 7.01. The lowest BCUT2D eigenvalue weighted by Crippen LogP contribution is -2.36. The van der Waals surface area contributed by atoms with Crippen LogP contribution in [0.2, 0.25) is 5.02 Å². The first kappa shape index (κ1) is 23.4. The molecule has 5 rings (SSSR count). The number of hydrogen-bond acceptors (Lipinski definition) is 7. The Morgan fingerprint density at radius 2 is 2.00 bits per heavy atom. The molecule has 2 aliphatic rings. The Labute approximate surface area is 210 Å². The van der Waals surface area contributed by atoms with Gasteiger partial charge < -0.3 is 25.2 Å². The van der Waals surface area contributed by atoms with Crippen LogP contribution in [0, 0.1) is 5.92 Å². The number of nitrogens with zero attached hydrogens (tertiary/aromatic N) is 4. The molecule has 3 aromatic rings. The number of morpholine rings is 1. The van der Waals surface area contributed by atoms with E-state index >= 15 is 0 Å². The Morgan fingerprint density at radius 3 is 2.77 bits per heavy atom. The van der Waals surface area contributed by atoms with Crippen LogP contribution in [0.25, 0.3) is 0 Å². The normalized spacial score (nSPS) is 15.5. The third kappa shape index (κ3) is 6.01. The lowest BCUT2D eigenvalue weighted by Gasteiger charge is -2.29. The molecule has 2 N–H and O–H groups in total. The quantitative estimate of drug-likeness (QED) is 0.474. The lowest BCUT2D eigenvalue weighted by atomic mass is 10.1. The van der Waals surface area contributed by atoms with Crippen LogP contribution in [0.1, 0.15) is 23.2 Å². The molecule has 1 aliphatic carbocycles. The van der Waals surface area contributed by atoms with E-state index < -0.39 is 0 Å². The summed E-state index contributed by atoms with van der Waals surface area (Å²) in [4.78, 5) is 26.2. The van der Waals surface area contributed by atoms with Crippen LogP contribution in [0.3, 0.4) is 0 Å². The maximum atomic E-state index is 12.9. The minimum Gasteiger partial charge on any atom is -0.378 e. The molecule has 1 aromatic heterocycles. The smallest absolute Gasteiger partial charge is 0.251 e. The number of ether oxygens (including phenoxy) is 1. The van der Waals surface area contributed by atoms with Crippen molar-refractivity contribution in [3.05, 3.63) is 65.3 Å². The summed E-state index contributed by atoms with van der Waals surface area (Å²) in [5.41, 5.74) is 3.27. The predicted molar refractivity (Wildman–Crippen MR) is 139 cm³/mol. The van der Waals surface area contributed by atoms with Gasteiger partial charge in [0.15, 0.2) is 0 Å². The number of rotatable bonds is 8. The van der Waals surface area contributed by atoms with Gasteiger partial charge in [-0.25, -0.2) is 4.98 Å². The molecule has 0 unspecified atom stereocenters. The van der Waals surface area contributed by atoms with Crippen molar-refractivity contribution < 1.29 is 9.53 Å². The van der Waals surface area contributed by atoms with E-state index in [1.807, 2.05) is 60.5 Å². The molecule has 8 nitrogen and oxygen atoms in total. The van der Waals surface area contributed by atoms with Crippen LogP contribution in [-0.4, -0.2) is 55.8 Å². The molecule has 0 bridgehead atoms. The van der Waals surface area contributed by atoms with Crippen LogP contribution >= 0.6 is 11.6 Å². The lowest BCUT2D eigenvalue weighted by molar-refractivity contribution is 0.0952. The van der Waals surface area contributed by atoms with Crippen LogP contribution in [0.5, 0.6) is 0 Å². The number of nitrogens with one attached hydrogen (secondary N) is 2. The number of hydrogen-bond donors (Lipinski definition) is 2. The molecule has 0 atom stereocenters. The number of amides is 1. The van der Waals surface area contributed by atoms with Crippen molar-refractivity contribution in [1.82, 2.24) is 15.3 Å². The molecular formula is C26H29ClN6O2. The van der Waals surface area contributed by atoms with Gasteiger partial charge in [0.2, 0.25) is 5.95 Å². The van der Waals surface area contributed by atoms with E-state index in [0.29, 0.717) is 35.7 Å². The van der Waals surface area contributed by atoms with Crippen molar-refractivity contribution in [3.8, 4) is 0 Å². The summed E-state index contributed by atoms with van der Waals surface area (Å²) in [6.45, 7) is 3.63. The first-order valence-corrected chi connectivity index (χ1v) is 12.3. The van der Waals surface area contributed by atoms with Gasteiger partial charge in [-0.3, -0.25) is 4.79 Å². The predicted octanol–water partition coefficient (Wildman–Crippen LogP) is 4.62. The maximum absolute atomic E-state index is 12.9. The maximum Gasteiger partial charge on any atom is 0.251 e. The molecule has 1 amide bonds. The minimum absolute atomic E-state index is 0.0644. The van der Waals surface area contributed by atoms with Gasteiger partial charge in [-0.05, 0) is 61.2 Å². The zero-order valence-corrected chi connectivity index (χ0v) is 20.5. The van der Waals surface area contributed by atoms with E-state index in [2.05, 4.69) is 25.5 Å². The second kappa shape index (κ2) is 10.5. The van der Waals surface area contributed by atoms with Gasteiger partial charge in [0.25, 0.3) is 5.91 Å². The number of halogens is 1. The molecule has 2 heterocycles. The highest BCUT2D eigenvalue weighted by Gasteiger charge is 2.22. The Balaban J connectivity index is 1.39. The molecule has 0 radical (unpaired) electrons. The Morgan fingerprint density at radius 1 is 1.17 bits per heavy atom. The molecule has 2 fully saturated rings. The number of aromatic nitrogens is 2. The van der Waals surface area contributed by atoms with Gasteiger partial charge in [-0.1, -0.05) is 17.7 Å². The average molecular weight is 493 g/mol. The fourth-order valence-electron chi connectivity index (χ4n) is 4.02. The summed E-state index contributed by atoms with van der Waals surface area (Å²) in [5.74, 6) is 1.72. The summed E-state index contributed by atoms with van der Waals surface area (Å²) in [6, 6.07) is 15.3. The molecule has 2 aromatic carbocycles. The van der Waals surface area contributed by atoms with Crippen molar-refractivity contribution in [1.29, 1.82) is 0 Å². The number of carbonyl (C=O) groups excluding carboxylic acids is 1. The van der Waals surface area contributed by atoms with Gasteiger partial charge >= 0.3 is 0 Å². The average Bonchev–Trinajstić information content (AvgIpc) is 3.72. The van der Waals surface area contributed by atoms with Crippen molar-refractivity contribution >= 4 is 46.3 Å². The van der Waals surface area contributed by atoms with Gasteiger partial charge in [-0.2, -0.15) is 4.98 Å². The SMILES string of the molecule is CN(c1cccc(Cl)c1)c1ccnc(Nc2cc(C(=O)NCC3CC3)cc(N3CCOCC3)c2)n1. The van der Waals surface area contributed by atoms with Crippen molar-refractivity contribution in [3.63, 3.8) is 0 Å². The first-order valence-electron chi connectivity index (χ1n) is 11.9. The summed E-state index contributed by atoms with van der Waals surface area (Å²) in [7, 11) is 1.93. The summed E-state index contributed by atoms with van der Waals surface area (Å²) < 4.78 is 5.51. The summed E-state index contributed by atoms with van der Waals surface area (Å²) >= 11 is 6.16. The number of benzene rings is 2. The van der Waals surface area contributed by atoms with Crippen LogP contribution < -0.4 is 20.4 Å². The largest absolute Gasteiger partial charge is 0.378 e. The van der Waals surface area contributed by atoms with E-state index in [-0.39, 0.29) is 5.91 Å². The van der Waals surface area contributed by atoms with E-state index in [0.717, 1.165) is 42.5 Å². The molecule has 182 valence electrons. The molecular weight excluding hydrogens is 464 g/mol. The van der Waals surface area contributed by atoms with Gasteiger partial charge in [0.05, 0.1) is 13.2 Å². The highest BCUT2D eigenvalue weighted by molar-refractivity contribution is 6.30. The van der Waals surface area contributed by atoms with Crippen LogP contribution in [-0.2, 0) is 4.74 Å². The van der Waals surface area contributed by atoms with Gasteiger partial charge in [-0.15, -0.1) is 0 Å². The van der Waals surface area contributed by atoms with Crippen LogP contribution in [0.4, 0.5) is 28.8 Å². The molecule has 1 saturated heterocycles. The van der Waals surface area contributed by atoms with Crippen molar-refractivity contribution in [2.45, 2.75) is 12.8 Å². The summed E-state index contributed by atoms with van der Waals surface area (Å²) in [5, 5.41) is 7.03. The number of carbonyl (C=O) groups is 1. The molecule has 9 heteroatoms. The topological polar surface area (TPSA) is 82.6 Å². The molecule has 1 saturated carbocycles. The van der Waals surface area contributed by atoms with E-state index in [4.69, 9.17) is 16.3 Å². The van der Waals surface area contributed by atoms with E-state index in [9.17, 15) is 4.79 Å². The third-order valence-electron chi connectivity index (χ3n) is 6.24. The minimum atomic E-state index is -0.0644. The Hall–Kier alpha value is -3.36. The molecule has 35 heavy (non-hydrogen) atoms. The standard InChI is InChI=1S/C26H29ClN6O2/c1-32(22-4-2-3-20(27)15-22)24-7-8-28-26(31-24)30-21-13-19(25(34)29-17-18-5-6-18)14-23(16-21)33-9-11-35-12-10-33/h2-4,7-8,13-16,18H,5-6,9-12,17H2,1H3,(H,29,34)(H,28,30,31). The highest BCUT2D eigenvalue weighted by Crippen LogP contribution is 2.29. The molecule has 0 spiro atoms. The van der Waals surface area contributed by atoms with E-state index in [1.165, 1.54) is 12.8 Å². The van der Waals surface area contributed by atoms with E-state index in [1.54, 1.807) is 6.20 Å². The Bertz CT molecular complexity index is 1200. The first-order chi connectivity index (χ1) is 17.0. The second-order valence-corrected chi connectivity index (χ2v) is 9.36. The van der Waals surface area contributed by atoms with Crippen molar-refractivity contribution in [2.75, 3.05) is 55.0 Å². The summed E-state index contributed by atoms with van der Waals surface area (Å²) in [6.07, 6.45) is 4.09. The second-order valence-electron chi connectivity index (χ2n) is 8.92. The van der Waals surface area contributed by atoms with Gasteiger partial charge in [0.1, 0.15) is 5.82 Å². The highest BCUT2D eigenvalue weighted by atomic mass is 35.5.